The first-order chi connectivity index (χ1) is 13.0. The fourth-order valence-electron chi connectivity index (χ4n) is 3.26. The summed E-state index contributed by atoms with van der Waals surface area (Å²) in [6.07, 6.45) is 0.269. The molecule has 2 heterocycles. The van der Waals surface area contributed by atoms with E-state index in [1.807, 2.05) is 0 Å². The molecule has 0 bridgehead atoms. The number of nitriles is 1. The lowest BCUT2D eigenvalue weighted by molar-refractivity contribution is 0.479. The normalized spacial score (nSPS) is 26.5. The van der Waals surface area contributed by atoms with Crippen molar-refractivity contribution in [1.82, 2.24) is 0 Å². The minimum Gasteiger partial charge on any atom is -0.386 e. The van der Waals surface area contributed by atoms with Crippen LogP contribution in [0.5, 0.6) is 0 Å². The highest BCUT2D eigenvalue weighted by Crippen LogP contribution is 2.44. The van der Waals surface area contributed by atoms with Gasteiger partial charge in [0.1, 0.15) is 33.8 Å². The molecule has 1 aromatic carbocycles. The molecule has 1 unspecified atom stereocenters. The number of aliphatic imine (C=N–C) groups is 1. The number of halogens is 2. The first-order valence-electron chi connectivity index (χ1n) is 8.55. The number of hydrogen-bond donors (Lipinski definition) is 1. The summed E-state index contributed by atoms with van der Waals surface area (Å²) in [5, 5.41) is 8.99. The zero-order valence-corrected chi connectivity index (χ0v) is 17.2. The van der Waals surface area contributed by atoms with E-state index < -0.39 is 31.8 Å². The van der Waals surface area contributed by atoms with E-state index in [9.17, 15) is 17.2 Å². The Morgan fingerprint density at radius 2 is 1.96 bits per heavy atom. The van der Waals surface area contributed by atoms with Gasteiger partial charge in [-0.05, 0) is 44.0 Å². The van der Waals surface area contributed by atoms with E-state index in [1.54, 1.807) is 13.0 Å². The average Bonchev–Trinajstić information content (AvgIpc) is 3.02. The molecule has 3 rings (SSSR count). The topological polar surface area (TPSA) is 96.3 Å². The van der Waals surface area contributed by atoms with Gasteiger partial charge in [-0.3, -0.25) is 4.99 Å². The second kappa shape index (κ2) is 6.64. The summed E-state index contributed by atoms with van der Waals surface area (Å²) >= 11 is 1.02. The van der Waals surface area contributed by atoms with Crippen molar-refractivity contribution in [1.29, 1.82) is 5.26 Å². The Balaban J connectivity index is 2.13. The molecule has 5 nitrogen and oxygen atoms in total. The Labute approximate surface area is 166 Å². The lowest BCUT2D eigenvalue weighted by atomic mass is 10.00. The number of nitrogens with two attached hydrogens (primary N) is 1. The Kier molecular flexibility index (Phi) is 4.84. The van der Waals surface area contributed by atoms with E-state index in [1.165, 1.54) is 32.0 Å². The van der Waals surface area contributed by atoms with Crippen molar-refractivity contribution < 1.29 is 17.2 Å². The molecule has 9 heteroatoms. The molecule has 0 amide bonds. The van der Waals surface area contributed by atoms with Crippen LogP contribution in [-0.4, -0.2) is 24.8 Å². The van der Waals surface area contributed by atoms with Crippen LogP contribution in [-0.2, 0) is 15.4 Å². The van der Waals surface area contributed by atoms with Crippen LogP contribution in [0.3, 0.4) is 0 Å². The van der Waals surface area contributed by atoms with Crippen LogP contribution in [0.15, 0.2) is 29.3 Å². The summed E-state index contributed by atoms with van der Waals surface area (Å²) < 4.78 is 52.9. The summed E-state index contributed by atoms with van der Waals surface area (Å²) in [6, 6.07) is 6.90. The van der Waals surface area contributed by atoms with Crippen molar-refractivity contribution in [2.75, 3.05) is 5.75 Å². The minimum absolute atomic E-state index is 0.0355. The molecule has 0 aliphatic carbocycles. The van der Waals surface area contributed by atoms with Gasteiger partial charge in [0.05, 0.1) is 16.2 Å². The molecule has 0 spiro atoms. The van der Waals surface area contributed by atoms with Crippen LogP contribution >= 0.6 is 11.3 Å². The zero-order chi connectivity index (χ0) is 20.9. The van der Waals surface area contributed by atoms with Gasteiger partial charge < -0.3 is 5.73 Å². The second-order valence-corrected chi connectivity index (χ2v) is 10.7. The number of benzene rings is 1. The Morgan fingerprint density at radius 3 is 2.54 bits per heavy atom. The maximum atomic E-state index is 14.8. The molecule has 0 saturated heterocycles. The van der Waals surface area contributed by atoms with Crippen molar-refractivity contribution in [3.8, 4) is 16.5 Å². The van der Waals surface area contributed by atoms with Crippen LogP contribution in [0.1, 0.15) is 37.6 Å². The first kappa shape index (κ1) is 20.4. The van der Waals surface area contributed by atoms with E-state index in [0.717, 1.165) is 17.4 Å². The number of sulfone groups is 1. The van der Waals surface area contributed by atoms with E-state index in [-0.39, 0.29) is 28.4 Å². The molecule has 28 heavy (non-hydrogen) atoms. The molecule has 2 aromatic rings. The first-order valence-corrected chi connectivity index (χ1v) is 11.0. The van der Waals surface area contributed by atoms with Gasteiger partial charge in [0.15, 0.2) is 9.84 Å². The quantitative estimate of drug-likeness (QED) is 0.813. The number of rotatable bonds is 3. The third-order valence-electron chi connectivity index (χ3n) is 5.29. The van der Waals surface area contributed by atoms with Gasteiger partial charge in [-0.25, -0.2) is 17.2 Å². The van der Waals surface area contributed by atoms with E-state index in [2.05, 4.69) is 4.99 Å². The highest BCUT2D eigenvalue weighted by atomic mass is 32.2. The summed E-state index contributed by atoms with van der Waals surface area (Å²) in [6.45, 7) is 4.78. The Hall–Kier alpha value is -2.31. The monoisotopic (exact) mass is 423 g/mol. The number of nitrogens with zero attached hydrogens (tertiary/aromatic N) is 2. The minimum atomic E-state index is -3.67. The van der Waals surface area contributed by atoms with E-state index in [4.69, 9.17) is 11.0 Å². The van der Waals surface area contributed by atoms with E-state index in [0.29, 0.717) is 10.4 Å². The molecule has 1 aromatic heterocycles. The third kappa shape index (κ3) is 3.01. The van der Waals surface area contributed by atoms with Crippen molar-refractivity contribution in [2.45, 2.75) is 37.5 Å². The molecular formula is C19H19F2N3O2S2. The molecule has 148 valence electrons. The molecule has 0 radical (unpaired) electrons. The Morgan fingerprint density at radius 1 is 1.29 bits per heavy atom. The second-order valence-electron chi connectivity index (χ2n) is 7.21. The van der Waals surface area contributed by atoms with Crippen LogP contribution < -0.4 is 5.73 Å². The molecule has 2 atom stereocenters. The van der Waals surface area contributed by atoms with Crippen molar-refractivity contribution in [3.05, 3.63) is 46.3 Å². The van der Waals surface area contributed by atoms with Crippen LogP contribution in [0.4, 0.5) is 8.78 Å². The van der Waals surface area contributed by atoms with Gasteiger partial charge in [-0.2, -0.15) is 5.26 Å². The Bertz CT molecular complexity index is 1130. The SMILES string of the molecule is CCC1(C)C(N)=N[C@](C)(c2sc(-c3ccc(F)c(C#N)c3)cc2F)CS1(=O)=O. The average molecular weight is 424 g/mol. The maximum absolute atomic E-state index is 14.8. The zero-order valence-electron chi connectivity index (χ0n) is 15.6. The molecule has 0 saturated carbocycles. The van der Waals surface area contributed by atoms with Crippen LogP contribution in [0.25, 0.3) is 10.4 Å². The van der Waals surface area contributed by atoms with Gasteiger partial charge in [0.2, 0.25) is 0 Å². The maximum Gasteiger partial charge on any atom is 0.165 e. The summed E-state index contributed by atoms with van der Waals surface area (Å²) in [5.74, 6) is -1.68. The molecule has 2 N–H and O–H groups in total. The van der Waals surface area contributed by atoms with Crippen molar-refractivity contribution >= 4 is 27.0 Å². The largest absolute Gasteiger partial charge is 0.386 e. The van der Waals surface area contributed by atoms with Gasteiger partial charge in [0, 0.05) is 4.88 Å². The molecule has 1 aliphatic heterocycles. The third-order valence-corrected chi connectivity index (χ3v) is 9.51. The number of hydrogen-bond acceptors (Lipinski definition) is 6. The van der Waals surface area contributed by atoms with Crippen molar-refractivity contribution in [2.24, 2.45) is 10.7 Å². The fraction of sp³-hybridized carbons (Fsp3) is 0.368. The van der Waals surface area contributed by atoms with Crippen LogP contribution in [0, 0.1) is 23.0 Å². The molecule has 1 aliphatic rings. The standard InChI is InChI=1S/C19H19F2N3O2S2/c1-4-19(3)17(23)24-18(2,10-28(19,25)26)16-14(21)8-15(27-16)11-5-6-13(20)12(7-11)9-22/h5-8H,4,10H2,1-3H3,(H2,23,24)/t18-,19?/m0/s1. The lowest BCUT2D eigenvalue weighted by Crippen LogP contribution is -2.56. The molecular weight excluding hydrogens is 404 g/mol. The van der Waals surface area contributed by atoms with Gasteiger partial charge in [-0.1, -0.05) is 13.0 Å². The highest BCUT2D eigenvalue weighted by molar-refractivity contribution is 7.93. The predicted octanol–water partition coefficient (Wildman–Crippen LogP) is 3.73. The number of amidine groups is 1. The van der Waals surface area contributed by atoms with Crippen LogP contribution in [0.2, 0.25) is 0 Å². The smallest absolute Gasteiger partial charge is 0.165 e. The summed E-state index contributed by atoms with van der Waals surface area (Å²) in [7, 11) is -3.67. The van der Waals surface area contributed by atoms with Gasteiger partial charge in [-0.15, -0.1) is 11.3 Å². The van der Waals surface area contributed by atoms with Gasteiger partial charge >= 0.3 is 0 Å². The molecule has 0 fully saturated rings. The summed E-state index contributed by atoms with van der Waals surface area (Å²) in [4.78, 5) is 4.97. The lowest BCUT2D eigenvalue weighted by Gasteiger charge is -2.38. The number of thiophene rings is 1. The van der Waals surface area contributed by atoms with Crippen molar-refractivity contribution in [3.63, 3.8) is 0 Å². The summed E-state index contributed by atoms with van der Waals surface area (Å²) in [5.41, 5.74) is 4.96. The van der Waals surface area contributed by atoms with E-state index >= 15 is 0 Å². The highest BCUT2D eigenvalue weighted by Gasteiger charge is 2.51. The fourth-order valence-corrected chi connectivity index (χ4v) is 6.55. The predicted molar refractivity (Wildman–Crippen MR) is 106 cm³/mol. The van der Waals surface area contributed by atoms with Gasteiger partial charge in [0.25, 0.3) is 0 Å².